The summed E-state index contributed by atoms with van der Waals surface area (Å²) in [6.45, 7) is 10.3. The molecule has 5 heteroatoms. The minimum Gasteiger partial charge on any atom is -0.314 e. The molecule has 1 aliphatic heterocycles. The Kier molecular flexibility index (Phi) is 8.71. The molecule has 0 saturated carbocycles. The van der Waals surface area contributed by atoms with Crippen molar-refractivity contribution in [3.05, 3.63) is 47.0 Å². The predicted molar refractivity (Wildman–Crippen MR) is 88.1 cm³/mol. The van der Waals surface area contributed by atoms with E-state index >= 15 is 0 Å². The van der Waals surface area contributed by atoms with Gasteiger partial charge in [-0.15, -0.1) is 31.4 Å². The number of nitrogens with one attached hydrogen (secondary N) is 1. The molecular weight excluding hydrogens is 303 g/mol. The maximum Gasteiger partial charge on any atom is 0.0532 e. The van der Waals surface area contributed by atoms with Gasteiger partial charge in [0.15, 0.2) is 0 Å². The normalized spacial score (nSPS) is 16.9. The Morgan fingerprint density at radius 1 is 1.32 bits per heavy atom. The number of rotatable bonds is 3. The SMILES string of the molecule is C=C[C@H](c1ccc(Cl)cc1C)N1CCNCC1.Cl.Cl. The molecule has 0 bridgehead atoms. The lowest BCUT2D eigenvalue weighted by atomic mass is 9.99. The topological polar surface area (TPSA) is 15.3 Å². The minimum atomic E-state index is 0. The molecule has 1 aliphatic rings. The van der Waals surface area contributed by atoms with Crippen LogP contribution in [0.15, 0.2) is 30.9 Å². The van der Waals surface area contributed by atoms with E-state index in [2.05, 4.69) is 29.8 Å². The second-order valence-corrected chi connectivity index (χ2v) is 4.90. The van der Waals surface area contributed by atoms with Crippen LogP contribution >= 0.6 is 36.4 Å². The fourth-order valence-electron chi connectivity index (χ4n) is 2.40. The molecule has 1 atom stereocenters. The van der Waals surface area contributed by atoms with E-state index in [0.717, 1.165) is 31.2 Å². The molecule has 108 valence electrons. The van der Waals surface area contributed by atoms with E-state index in [9.17, 15) is 0 Å². The van der Waals surface area contributed by atoms with Crippen molar-refractivity contribution in [2.45, 2.75) is 13.0 Å². The maximum absolute atomic E-state index is 6.00. The summed E-state index contributed by atoms with van der Waals surface area (Å²) in [5, 5.41) is 4.17. The molecule has 2 nitrogen and oxygen atoms in total. The van der Waals surface area contributed by atoms with Crippen molar-refractivity contribution >= 4 is 36.4 Å². The quantitative estimate of drug-likeness (QED) is 0.855. The highest BCUT2D eigenvalue weighted by molar-refractivity contribution is 6.30. The summed E-state index contributed by atoms with van der Waals surface area (Å²) < 4.78 is 0. The van der Waals surface area contributed by atoms with Crippen LogP contribution in [0, 0.1) is 6.92 Å². The van der Waals surface area contributed by atoms with Crippen molar-refractivity contribution in [2.24, 2.45) is 0 Å². The van der Waals surface area contributed by atoms with Crippen LogP contribution in [0.25, 0.3) is 0 Å². The lowest BCUT2D eigenvalue weighted by Crippen LogP contribution is -2.44. The van der Waals surface area contributed by atoms with E-state index in [1.807, 2.05) is 18.2 Å². The monoisotopic (exact) mass is 322 g/mol. The third kappa shape index (κ3) is 4.66. The summed E-state index contributed by atoms with van der Waals surface area (Å²) >= 11 is 6.00. The molecule has 0 spiro atoms. The largest absolute Gasteiger partial charge is 0.314 e. The first kappa shape index (κ1) is 18.8. The molecule has 0 aromatic heterocycles. The molecular formula is C14H21Cl3N2. The van der Waals surface area contributed by atoms with Gasteiger partial charge in [-0.25, -0.2) is 0 Å². The Morgan fingerprint density at radius 3 is 2.47 bits per heavy atom. The van der Waals surface area contributed by atoms with Crippen molar-refractivity contribution < 1.29 is 0 Å². The molecule has 0 amide bonds. The maximum atomic E-state index is 6.00. The van der Waals surface area contributed by atoms with Crippen molar-refractivity contribution in [3.8, 4) is 0 Å². The van der Waals surface area contributed by atoms with Gasteiger partial charge < -0.3 is 5.32 Å². The van der Waals surface area contributed by atoms with Gasteiger partial charge in [0, 0.05) is 31.2 Å². The second-order valence-electron chi connectivity index (χ2n) is 4.47. The predicted octanol–water partition coefficient (Wildman–Crippen LogP) is 3.62. The summed E-state index contributed by atoms with van der Waals surface area (Å²) in [4.78, 5) is 2.46. The van der Waals surface area contributed by atoms with Crippen LogP contribution in [0.4, 0.5) is 0 Å². The standard InChI is InChI=1S/C14H19ClN2.2ClH/c1-3-14(17-8-6-16-7-9-17)13-5-4-12(15)10-11(13)2;;/h3-5,10,14,16H,1,6-9H2,2H3;2*1H/t14-;;/m1../s1. The zero-order valence-corrected chi connectivity index (χ0v) is 13.5. The zero-order chi connectivity index (χ0) is 12.3. The van der Waals surface area contributed by atoms with E-state index < -0.39 is 0 Å². The molecule has 0 unspecified atom stereocenters. The lowest BCUT2D eigenvalue weighted by molar-refractivity contribution is 0.203. The molecule has 1 saturated heterocycles. The van der Waals surface area contributed by atoms with Gasteiger partial charge in [-0.2, -0.15) is 0 Å². The summed E-state index contributed by atoms with van der Waals surface area (Å²) in [6, 6.07) is 6.40. The number of hydrogen-bond acceptors (Lipinski definition) is 2. The number of hydrogen-bond donors (Lipinski definition) is 1. The Morgan fingerprint density at radius 2 is 1.95 bits per heavy atom. The second kappa shape index (κ2) is 8.83. The van der Waals surface area contributed by atoms with Crippen LogP contribution < -0.4 is 5.32 Å². The summed E-state index contributed by atoms with van der Waals surface area (Å²) in [5.41, 5.74) is 2.55. The zero-order valence-electron chi connectivity index (χ0n) is 11.1. The molecule has 1 N–H and O–H groups in total. The smallest absolute Gasteiger partial charge is 0.0532 e. The Balaban J connectivity index is 0.00000162. The van der Waals surface area contributed by atoms with E-state index in [1.165, 1.54) is 11.1 Å². The highest BCUT2D eigenvalue weighted by atomic mass is 35.5. The van der Waals surface area contributed by atoms with Gasteiger partial charge in [0.1, 0.15) is 0 Å². The van der Waals surface area contributed by atoms with Gasteiger partial charge in [-0.1, -0.05) is 23.7 Å². The fourth-order valence-corrected chi connectivity index (χ4v) is 2.63. The molecule has 2 rings (SSSR count). The van der Waals surface area contributed by atoms with Gasteiger partial charge in [0.2, 0.25) is 0 Å². The van der Waals surface area contributed by atoms with Crippen molar-refractivity contribution in [3.63, 3.8) is 0 Å². The highest BCUT2D eigenvalue weighted by Crippen LogP contribution is 2.27. The average Bonchev–Trinajstić information content (AvgIpc) is 2.34. The van der Waals surface area contributed by atoms with Crippen LogP contribution in [0.3, 0.4) is 0 Å². The van der Waals surface area contributed by atoms with Crippen LogP contribution in [0.5, 0.6) is 0 Å². The van der Waals surface area contributed by atoms with E-state index in [4.69, 9.17) is 11.6 Å². The number of benzene rings is 1. The summed E-state index contributed by atoms with van der Waals surface area (Å²) in [5.74, 6) is 0. The van der Waals surface area contributed by atoms with Crippen LogP contribution in [-0.4, -0.2) is 31.1 Å². The number of nitrogens with zero attached hydrogens (tertiary/aromatic N) is 1. The molecule has 19 heavy (non-hydrogen) atoms. The van der Waals surface area contributed by atoms with Crippen molar-refractivity contribution in [1.82, 2.24) is 10.2 Å². The van der Waals surface area contributed by atoms with Crippen LogP contribution in [0.1, 0.15) is 17.2 Å². The van der Waals surface area contributed by atoms with E-state index in [-0.39, 0.29) is 24.8 Å². The van der Waals surface area contributed by atoms with Crippen LogP contribution in [-0.2, 0) is 0 Å². The molecule has 1 aromatic carbocycles. The molecule has 1 aromatic rings. The third-order valence-corrected chi connectivity index (χ3v) is 3.55. The van der Waals surface area contributed by atoms with Gasteiger partial charge in [-0.3, -0.25) is 4.90 Å². The summed E-state index contributed by atoms with van der Waals surface area (Å²) in [7, 11) is 0. The first-order valence-corrected chi connectivity index (χ1v) is 6.43. The first-order chi connectivity index (χ1) is 8.22. The van der Waals surface area contributed by atoms with Gasteiger partial charge >= 0.3 is 0 Å². The van der Waals surface area contributed by atoms with Crippen LogP contribution in [0.2, 0.25) is 5.02 Å². The Labute approximate surface area is 133 Å². The Hall–Kier alpha value is -0.250. The van der Waals surface area contributed by atoms with Gasteiger partial charge in [0.25, 0.3) is 0 Å². The molecule has 1 fully saturated rings. The Bertz CT molecular complexity index is 404. The fraction of sp³-hybridized carbons (Fsp3) is 0.429. The average molecular weight is 324 g/mol. The molecule has 0 radical (unpaired) electrons. The van der Waals surface area contributed by atoms with Crippen molar-refractivity contribution in [2.75, 3.05) is 26.2 Å². The molecule has 1 heterocycles. The minimum absolute atomic E-state index is 0. The number of halogens is 3. The molecule has 0 aliphatic carbocycles. The number of piperazine rings is 1. The van der Waals surface area contributed by atoms with E-state index in [1.54, 1.807) is 0 Å². The van der Waals surface area contributed by atoms with Crippen molar-refractivity contribution in [1.29, 1.82) is 0 Å². The van der Waals surface area contributed by atoms with Gasteiger partial charge in [0.05, 0.1) is 6.04 Å². The van der Waals surface area contributed by atoms with Gasteiger partial charge in [-0.05, 0) is 30.2 Å². The lowest BCUT2D eigenvalue weighted by Gasteiger charge is -2.34. The van der Waals surface area contributed by atoms with E-state index in [0.29, 0.717) is 6.04 Å². The first-order valence-electron chi connectivity index (χ1n) is 6.06. The highest BCUT2D eigenvalue weighted by Gasteiger charge is 2.20. The third-order valence-electron chi connectivity index (χ3n) is 3.32. The number of aryl methyl sites for hydroxylation is 1. The summed E-state index contributed by atoms with van der Waals surface area (Å²) in [6.07, 6.45) is 2.03.